The van der Waals surface area contributed by atoms with Crippen molar-refractivity contribution in [3.05, 3.63) is 29.8 Å². The van der Waals surface area contributed by atoms with Crippen molar-refractivity contribution in [1.82, 2.24) is 16.0 Å². The molecule has 1 aliphatic heterocycles. The predicted molar refractivity (Wildman–Crippen MR) is 131 cm³/mol. The van der Waals surface area contributed by atoms with E-state index in [-0.39, 0.29) is 18.2 Å². The lowest BCUT2D eigenvalue weighted by atomic mass is 9.87. The van der Waals surface area contributed by atoms with Crippen molar-refractivity contribution in [2.45, 2.75) is 76.5 Å². The van der Waals surface area contributed by atoms with Crippen LogP contribution in [-0.4, -0.2) is 59.8 Å². The van der Waals surface area contributed by atoms with Gasteiger partial charge in [0.15, 0.2) is 0 Å². The summed E-state index contributed by atoms with van der Waals surface area (Å²) in [5.74, 6) is -1.82. The lowest BCUT2D eigenvalue weighted by molar-refractivity contribution is -0.148. The van der Waals surface area contributed by atoms with Crippen LogP contribution in [0, 0.1) is 11.8 Å². The molecular formula is C26H37N3O7. The number of hydrogen-bond acceptors (Lipinski definition) is 6. The van der Waals surface area contributed by atoms with Gasteiger partial charge in [-0.05, 0) is 62.6 Å². The van der Waals surface area contributed by atoms with Gasteiger partial charge in [0.05, 0.1) is 7.11 Å². The van der Waals surface area contributed by atoms with Crippen LogP contribution in [0.25, 0.3) is 0 Å². The zero-order valence-electron chi connectivity index (χ0n) is 21.4. The molecule has 2 aliphatic rings. The van der Waals surface area contributed by atoms with Gasteiger partial charge < -0.3 is 30.5 Å². The van der Waals surface area contributed by atoms with E-state index in [4.69, 9.17) is 9.47 Å². The van der Waals surface area contributed by atoms with Gasteiger partial charge in [-0.15, -0.1) is 0 Å². The summed E-state index contributed by atoms with van der Waals surface area (Å²) in [7, 11) is 1.59. The van der Waals surface area contributed by atoms with E-state index < -0.39 is 41.1 Å². The summed E-state index contributed by atoms with van der Waals surface area (Å²) in [5, 5.41) is 17.8. The van der Waals surface area contributed by atoms with Crippen molar-refractivity contribution < 1.29 is 33.8 Å². The fraction of sp³-hybridized carbons (Fsp3) is 0.615. The molecule has 1 aromatic rings. The van der Waals surface area contributed by atoms with Crippen LogP contribution in [0.4, 0.5) is 4.79 Å². The first kappa shape index (κ1) is 27.3. The molecule has 0 bridgehead atoms. The number of alkyl carbamates (subject to hydrolysis) is 1. The molecule has 1 saturated carbocycles. The number of rotatable bonds is 12. The molecule has 36 heavy (non-hydrogen) atoms. The van der Waals surface area contributed by atoms with E-state index in [0.29, 0.717) is 38.6 Å². The molecule has 3 atom stereocenters. The Bertz CT molecular complexity index is 992. The van der Waals surface area contributed by atoms with Crippen LogP contribution in [0.2, 0.25) is 0 Å². The van der Waals surface area contributed by atoms with Crippen molar-refractivity contribution in [2.75, 3.05) is 13.7 Å². The minimum atomic E-state index is -1.66. The van der Waals surface area contributed by atoms with Crippen LogP contribution in [-0.2, 0) is 25.5 Å². The largest absolute Gasteiger partial charge is 0.497 e. The number of carbonyl (C=O) groups is 4. The molecule has 1 aromatic carbocycles. The van der Waals surface area contributed by atoms with E-state index in [1.807, 2.05) is 38.1 Å². The Balaban J connectivity index is 1.65. The number of carbonyl (C=O) groups excluding carboxylic acids is 3. The van der Waals surface area contributed by atoms with Crippen molar-refractivity contribution in [1.29, 1.82) is 0 Å². The average Bonchev–Trinajstić information content (AvgIpc) is 3.43. The third-order valence-electron chi connectivity index (χ3n) is 6.78. The maximum absolute atomic E-state index is 13.2. The molecular weight excluding hydrogens is 466 g/mol. The monoisotopic (exact) mass is 503 g/mol. The lowest BCUT2D eigenvalue weighted by Crippen LogP contribution is -2.59. The summed E-state index contributed by atoms with van der Waals surface area (Å²) in [6.45, 7) is 5.67. The highest BCUT2D eigenvalue weighted by atomic mass is 16.6. The molecule has 1 heterocycles. The molecule has 4 N–H and O–H groups in total. The molecule has 3 rings (SSSR count). The van der Waals surface area contributed by atoms with E-state index in [1.54, 1.807) is 7.11 Å². The molecule has 3 amide bonds. The van der Waals surface area contributed by atoms with Crippen molar-refractivity contribution >= 4 is 23.9 Å². The number of carboxylic acids is 1. The summed E-state index contributed by atoms with van der Waals surface area (Å²) in [6.07, 6.45) is 1.99. The number of ether oxygens (including phenoxy) is 2. The van der Waals surface area contributed by atoms with Gasteiger partial charge in [0.2, 0.25) is 11.8 Å². The summed E-state index contributed by atoms with van der Waals surface area (Å²) < 4.78 is 11.0. The van der Waals surface area contributed by atoms with Gasteiger partial charge >= 0.3 is 12.1 Å². The van der Waals surface area contributed by atoms with Crippen LogP contribution < -0.4 is 20.7 Å². The van der Waals surface area contributed by atoms with Crippen LogP contribution in [0.1, 0.15) is 58.4 Å². The average molecular weight is 504 g/mol. The first-order valence-corrected chi connectivity index (χ1v) is 12.4. The Morgan fingerprint density at radius 1 is 1.28 bits per heavy atom. The number of amides is 3. The molecule has 2 fully saturated rings. The van der Waals surface area contributed by atoms with Gasteiger partial charge in [0.25, 0.3) is 0 Å². The number of nitrogens with one attached hydrogen (secondary N) is 3. The highest BCUT2D eigenvalue weighted by Gasteiger charge is 2.47. The first-order valence-electron chi connectivity index (χ1n) is 12.4. The van der Waals surface area contributed by atoms with Crippen LogP contribution in [0.5, 0.6) is 5.75 Å². The molecule has 1 saturated heterocycles. The Labute approximate surface area is 211 Å². The number of methoxy groups -OCH3 is 1. The normalized spacial score (nSPS) is 20.6. The van der Waals surface area contributed by atoms with E-state index >= 15 is 0 Å². The summed E-state index contributed by atoms with van der Waals surface area (Å²) in [4.78, 5) is 50.1. The van der Waals surface area contributed by atoms with E-state index in [1.165, 1.54) is 6.92 Å². The molecule has 0 radical (unpaired) electrons. The molecule has 1 aliphatic carbocycles. The van der Waals surface area contributed by atoms with Gasteiger partial charge in [0, 0.05) is 18.9 Å². The van der Waals surface area contributed by atoms with Crippen molar-refractivity contribution in [3.8, 4) is 5.75 Å². The summed E-state index contributed by atoms with van der Waals surface area (Å²) in [5.41, 5.74) is -1.32. The highest BCUT2D eigenvalue weighted by Crippen LogP contribution is 2.43. The van der Waals surface area contributed by atoms with Gasteiger partial charge in [-0.3, -0.25) is 9.59 Å². The van der Waals surface area contributed by atoms with Gasteiger partial charge in [-0.25, -0.2) is 9.59 Å². The second-order valence-electron chi connectivity index (χ2n) is 10.5. The number of benzene rings is 1. The number of aliphatic carboxylic acids is 1. The third-order valence-corrected chi connectivity index (χ3v) is 6.78. The number of hydrogen-bond donors (Lipinski definition) is 4. The van der Waals surface area contributed by atoms with Crippen molar-refractivity contribution in [3.63, 3.8) is 0 Å². The molecule has 0 spiro atoms. The van der Waals surface area contributed by atoms with Crippen molar-refractivity contribution in [2.24, 2.45) is 11.8 Å². The smallest absolute Gasteiger partial charge is 0.408 e. The molecule has 10 heteroatoms. The standard InChI is InChI=1S/C26H37N3O7/c1-16(2)12-20(22(31)29-25(3,23(32)33)15-18-8-11-27-21(18)30)28-24(34)36-26(9-10-26)14-17-6-5-7-19(13-17)35-4/h5-7,13,16,18,20H,8-12,14-15H2,1-4H3,(H,27,30)(H,28,34)(H,29,31)(H,32,33)/t18-,20-,25-/m0/s1. The maximum atomic E-state index is 13.2. The fourth-order valence-corrected chi connectivity index (χ4v) is 4.56. The Morgan fingerprint density at radius 2 is 2.00 bits per heavy atom. The molecule has 0 unspecified atom stereocenters. The maximum Gasteiger partial charge on any atom is 0.408 e. The van der Waals surface area contributed by atoms with Crippen LogP contribution in [0.15, 0.2) is 24.3 Å². The Hall–Kier alpha value is -3.30. The topological polar surface area (TPSA) is 143 Å². The minimum Gasteiger partial charge on any atom is -0.497 e. The Kier molecular flexibility index (Phi) is 8.47. The third kappa shape index (κ3) is 7.11. The van der Waals surface area contributed by atoms with Gasteiger partial charge in [-0.1, -0.05) is 26.0 Å². The van der Waals surface area contributed by atoms with Gasteiger partial charge in [0.1, 0.15) is 22.9 Å². The zero-order valence-corrected chi connectivity index (χ0v) is 21.4. The van der Waals surface area contributed by atoms with Crippen LogP contribution >= 0.6 is 0 Å². The van der Waals surface area contributed by atoms with Crippen LogP contribution in [0.3, 0.4) is 0 Å². The van der Waals surface area contributed by atoms with E-state index in [9.17, 15) is 24.3 Å². The predicted octanol–water partition coefficient (Wildman–Crippen LogP) is 2.40. The Morgan fingerprint density at radius 3 is 2.56 bits per heavy atom. The first-order chi connectivity index (χ1) is 16.9. The molecule has 0 aromatic heterocycles. The fourth-order valence-electron chi connectivity index (χ4n) is 4.56. The zero-order chi connectivity index (χ0) is 26.5. The summed E-state index contributed by atoms with van der Waals surface area (Å²) >= 11 is 0. The highest BCUT2D eigenvalue weighted by molar-refractivity contribution is 5.92. The van der Waals surface area contributed by atoms with Gasteiger partial charge in [-0.2, -0.15) is 0 Å². The van der Waals surface area contributed by atoms with E-state index in [0.717, 1.165) is 11.3 Å². The van der Waals surface area contributed by atoms with E-state index in [2.05, 4.69) is 16.0 Å². The quantitative estimate of drug-likeness (QED) is 0.343. The summed E-state index contributed by atoms with van der Waals surface area (Å²) in [6, 6.07) is 6.57. The molecule has 198 valence electrons. The SMILES string of the molecule is COc1cccc(CC2(OC(=O)N[C@@H](CC(C)C)C(=O)N[C@@](C)(C[C@@H]3CCNC3=O)C(=O)O)CC2)c1. The molecule has 10 nitrogen and oxygen atoms in total. The minimum absolute atomic E-state index is 0.0393. The number of carboxylic acid groups (broad SMARTS) is 1. The second-order valence-corrected chi connectivity index (χ2v) is 10.5. The lowest BCUT2D eigenvalue weighted by Gasteiger charge is -2.31. The second kappa shape index (κ2) is 11.2.